The fraction of sp³-hybridized carbons (Fsp3) is 0.150. The van der Waals surface area contributed by atoms with Crippen LogP contribution in [0.15, 0.2) is 60.7 Å². The summed E-state index contributed by atoms with van der Waals surface area (Å²) < 4.78 is 10.1. The van der Waals surface area contributed by atoms with Gasteiger partial charge in [-0.3, -0.25) is 4.79 Å². The summed E-state index contributed by atoms with van der Waals surface area (Å²) in [4.78, 5) is 29.1. The highest BCUT2D eigenvalue weighted by Crippen LogP contribution is 2.24. The molecule has 0 saturated heterocycles. The Morgan fingerprint density at radius 3 is 2.38 bits per heavy atom. The van der Waals surface area contributed by atoms with Crippen molar-refractivity contribution in [1.82, 2.24) is 10.3 Å². The SMILES string of the molecule is COC(=O)C(NC(=O)c1cc2ccccc2c(OC)n1)c1ccccc1. The van der Waals surface area contributed by atoms with Crippen molar-refractivity contribution in [2.75, 3.05) is 14.2 Å². The van der Waals surface area contributed by atoms with E-state index < -0.39 is 17.9 Å². The van der Waals surface area contributed by atoms with Crippen LogP contribution < -0.4 is 10.1 Å². The van der Waals surface area contributed by atoms with Gasteiger partial charge in [-0.05, 0) is 23.1 Å². The van der Waals surface area contributed by atoms with Crippen molar-refractivity contribution in [3.8, 4) is 5.88 Å². The van der Waals surface area contributed by atoms with Gasteiger partial charge in [0.05, 0.1) is 14.2 Å². The monoisotopic (exact) mass is 350 g/mol. The molecule has 26 heavy (non-hydrogen) atoms. The minimum absolute atomic E-state index is 0.158. The highest BCUT2D eigenvalue weighted by Gasteiger charge is 2.25. The van der Waals surface area contributed by atoms with Gasteiger partial charge in [0.25, 0.3) is 5.91 Å². The molecule has 0 aliphatic rings. The van der Waals surface area contributed by atoms with Crippen molar-refractivity contribution in [2.45, 2.75) is 6.04 Å². The fourth-order valence-corrected chi connectivity index (χ4v) is 2.69. The van der Waals surface area contributed by atoms with Gasteiger partial charge in [-0.25, -0.2) is 9.78 Å². The van der Waals surface area contributed by atoms with Crippen LogP contribution in [0.2, 0.25) is 0 Å². The zero-order valence-electron chi connectivity index (χ0n) is 14.4. The van der Waals surface area contributed by atoms with E-state index >= 15 is 0 Å². The maximum atomic E-state index is 12.7. The number of carbonyl (C=O) groups is 2. The summed E-state index contributed by atoms with van der Waals surface area (Å²) >= 11 is 0. The predicted octanol–water partition coefficient (Wildman–Crippen LogP) is 2.89. The van der Waals surface area contributed by atoms with E-state index in [0.29, 0.717) is 11.4 Å². The molecule has 1 N–H and O–H groups in total. The molecule has 2 aromatic carbocycles. The van der Waals surface area contributed by atoms with Crippen molar-refractivity contribution in [3.05, 3.63) is 71.9 Å². The highest BCUT2D eigenvalue weighted by molar-refractivity contribution is 5.99. The van der Waals surface area contributed by atoms with E-state index in [1.54, 1.807) is 30.3 Å². The molecule has 1 atom stereocenters. The number of nitrogens with one attached hydrogen (secondary N) is 1. The van der Waals surface area contributed by atoms with E-state index in [9.17, 15) is 9.59 Å². The van der Waals surface area contributed by atoms with Gasteiger partial charge in [-0.1, -0.05) is 48.5 Å². The molecule has 0 bridgehead atoms. The molecule has 0 spiro atoms. The summed E-state index contributed by atoms with van der Waals surface area (Å²) in [6.45, 7) is 0. The number of rotatable bonds is 5. The third-order valence-corrected chi connectivity index (χ3v) is 3.98. The summed E-state index contributed by atoms with van der Waals surface area (Å²) in [5.41, 5.74) is 0.783. The van der Waals surface area contributed by atoms with Gasteiger partial charge in [0.15, 0.2) is 6.04 Å². The zero-order valence-corrected chi connectivity index (χ0v) is 14.4. The third kappa shape index (κ3) is 3.49. The van der Waals surface area contributed by atoms with Crippen LogP contribution in [0.25, 0.3) is 10.8 Å². The quantitative estimate of drug-likeness (QED) is 0.716. The van der Waals surface area contributed by atoms with Crippen LogP contribution in [0.4, 0.5) is 0 Å². The number of nitrogens with zero attached hydrogens (tertiary/aromatic N) is 1. The van der Waals surface area contributed by atoms with E-state index in [-0.39, 0.29) is 5.69 Å². The number of methoxy groups -OCH3 is 2. The van der Waals surface area contributed by atoms with Crippen molar-refractivity contribution in [1.29, 1.82) is 0 Å². The van der Waals surface area contributed by atoms with Gasteiger partial charge in [0, 0.05) is 5.39 Å². The maximum absolute atomic E-state index is 12.7. The van der Waals surface area contributed by atoms with E-state index in [4.69, 9.17) is 9.47 Å². The number of amides is 1. The lowest BCUT2D eigenvalue weighted by atomic mass is 10.1. The average molecular weight is 350 g/mol. The minimum Gasteiger partial charge on any atom is -0.481 e. The van der Waals surface area contributed by atoms with Crippen LogP contribution in [0.1, 0.15) is 22.1 Å². The summed E-state index contributed by atoms with van der Waals surface area (Å²) in [6.07, 6.45) is 0. The van der Waals surface area contributed by atoms with Gasteiger partial charge >= 0.3 is 5.97 Å². The lowest BCUT2D eigenvalue weighted by Gasteiger charge is -2.17. The predicted molar refractivity (Wildman–Crippen MR) is 97.0 cm³/mol. The second kappa shape index (κ2) is 7.65. The van der Waals surface area contributed by atoms with Crippen LogP contribution in [-0.2, 0) is 9.53 Å². The first-order valence-corrected chi connectivity index (χ1v) is 8.01. The number of aromatic nitrogens is 1. The third-order valence-electron chi connectivity index (χ3n) is 3.98. The van der Waals surface area contributed by atoms with Gasteiger partial charge in [-0.2, -0.15) is 0 Å². The van der Waals surface area contributed by atoms with Crippen molar-refractivity contribution >= 4 is 22.6 Å². The molecule has 0 fully saturated rings. The van der Waals surface area contributed by atoms with E-state index in [0.717, 1.165) is 10.8 Å². The largest absolute Gasteiger partial charge is 0.481 e. The first kappa shape index (κ1) is 17.4. The molecule has 1 aromatic heterocycles. The fourth-order valence-electron chi connectivity index (χ4n) is 2.69. The van der Waals surface area contributed by atoms with Crippen molar-refractivity contribution in [2.24, 2.45) is 0 Å². The molecular formula is C20H18N2O4. The lowest BCUT2D eigenvalue weighted by Crippen LogP contribution is -2.35. The molecule has 3 aromatic rings. The molecule has 3 rings (SSSR count). The number of ether oxygens (including phenoxy) is 2. The van der Waals surface area contributed by atoms with Crippen LogP contribution in [0.3, 0.4) is 0 Å². The first-order valence-electron chi connectivity index (χ1n) is 8.01. The van der Waals surface area contributed by atoms with E-state index in [1.807, 2.05) is 30.3 Å². The number of benzene rings is 2. The van der Waals surface area contributed by atoms with E-state index in [1.165, 1.54) is 14.2 Å². The minimum atomic E-state index is -0.923. The Kier molecular flexibility index (Phi) is 5.12. The van der Waals surface area contributed by atoms with Crippen molar-refractivity contribution in [3.63, 3.8) is 0 Å². The molecule has 0 aliphatic carbocycles. The number of esters is 1. The second-order valence-corrected chi connectivity index (χ2v) is 5.58. The molecule has 1 amide bonds. The van der Waals surface area contributed by atoms with Gasteiger partial charge in [-0.15, -0.1) is 0 Å². The Hall–Kier alpha value is -3.41. The molecule has 0 aliphatic heterocycles. The van der Waals surface area contributed by atoms with Gasteiger partial charge in [0.2, 0.25) is 5.88 Å². The Morgan fingerprint density at radius 2 is 1.69 bits per heavy atom. The van der Waals surface area contributed by atoms with Crippen LogP contribution >= 0.6 is 0 Å². The first-order chi connectivity index (χ1) is 12.6. The molecule has 0 saturated carbocycles. The molecule has 132 valence electrons. The summed E-state index contributed by atoms with van der Waals surface area (Å²) in [5.74, 6) is -0.701. The van der Waals surface area contributed by atoms with Crippen LogP contribution in [-0.4, -0.2) is 31.1 Å². The summed E-state index contributed by atoms with van der Waals surface area (Å²) in [6, 6.07) is 17.1. The second-order valence-electron chi connectivity index (χ2n) is 5.58. The Labute approximate surface area is 150 Å². The normalized spacial score (nSPS) is 11.6. The Morgan fingerprint density at radius 1 is 1.00 bits per heavy atom. The zero-order chi connectivity index (χ0) is 18.5. The number of hydrogen-bond donors (Lipinski definition) is 1. The van der Waals surface area contributed by atoms with Crippen LogP contribution in [0.5, 0.6) is 5.88 Å². The molecule has 1 heterocycles. The average Bonchev–Trinajstić information content (AvgIpc) is 2.71. The Bertz CT molecular complexity index is 941. The Balaban J connectivity index is 1.95. The maximum Gasteiger partial charge on any atom is 0.333 e. The molecule has 1 unspecified atom stereocenters. The lowest BCUT2D eigenvalue weighted by molar-refractivity contribution is -0.143. The number of hydrogen-bond acceptors (Lipinski definition) is 5. The van der Waals surface area contributed by atoms with Crippen LogP contribution in [0, 0.1) is 0 Å². The summed E-state index contributed by atoms with van der Waals surface area (Å²) in [5, 5.41) is 4.31. The molecular weight excluding hydrogens is 332 g/mol. The van der Waals surface area contributed by atoms with Crippen molar-refractivity contribution < 1.29 is 19.1 Å². The molecule has 0 radical (unpaired) electrons. The summed E-state index contributed by atoms with van der Waals surface area (Å²) in [7, 11) is 2.78. The molecule has 6 heteroatoms. The number of pyridine rings is 1. The smallest absolute Gasteiger partial charge is 0.333 e. The van der Waals surface area contributed by atoms with Gasteiger partial charge < -0.3 is 14.8 Å². The standard InChI is InChI=1S/C20H18N2O4/c1-25-19-15-11-7-6-10-14(15)12-16(21-19)18(23)22-17(20(24)26-2)13-8-4-3-5-9-13/h3-12,17H,1-2H3,(H,22,23). The number of carbonyl (C=O) groups excluding carboxylic acids is 2. The van der Waals surface area contributed by atoms with E-state index in [2.05, 4.69) is 10.3 Å². The highest BCUT2D eigenvalue weighted by atomic mass is 16.5. The topological polar surface area (TPSA) is 77.5 Å². The molecule has 6 nitrogen and oxygen atoms in total. The number of fused-ring (bicyclic) bond motifs is 1. The van der Waals surface area contributed by atoms with Gasteiger partial charge in [0.1, 0.15) is 5.69 Å².